The van der Waals surface area contributed by atoms with E-state index >= 15 is 0 Å². The van der Waals surface area contributed by atoms with Crippen molar-refractivity contribution in [1.82, 2.24) is 0 Å². The average Bonchev–Trinajstić information content (AvgIpc) is 3.06. The third-order valence-corrected chi connectivity index (χ3v) is 8.67. The van der Waals surface area contributed by atoms with Crippen molar-refractivity contribution in [2.75, 3.05) is 6.61 Å². The molecule has 0 aromatic heterocycles. The minimum Gasteiger partial charge on any atom is -0.394 e. The molecule has 1 fully saturated rings. The number of ether oxygens (including phenoxy) is 2. The van der Waals surface area contributed by atoms with E-state index < -0.39 is 42.9 Å². The van der Waals surface area contributed by atoms with Crippen LogP contribution in [0.4, 0.5) is 0 Å². The molecular weight excluding hydrogens is 649 g/mol. The molecule has 0 bridgehead atoms. The van der Waals surface area contributed by atoms with Crippen LogP contribution in [0.3, 0.4) is 0 Å². The van der Waals surface area contributed by atoms with Crippen molar-refractivity contribution >= 4 is 0 Å². The smallest absolute Gasteiger partial charge is 0.187 e. The Morgan fingerprint density at radius 3 is 1.88 bits per heavy atom. The molecule has 0 radical (unpaired) electrons. The Labute approximate surface area is 316 Å². The SMILES string of the molecule is CC(C)=C/C=C/C(C)=C/C=C/C(C)C/C=C/C(C)=C/CC/C=C(C)/C=C/C=C(C)/C=C/C=C(\C)CCCC(C)(C)O[C@@H]1O[C@H](CO)[C@@H](O)[C@H](O)[C@H]1O. The molecule has 1 heterocycles. The lowest BCUT2D eigenvalue weighted by molar-refractivity contribution is -0.323. The van der Waals surface area contributed by atoms with Gasteiger partial charge in [0.2, 0.25) is 0 Å². The molecule has 1 aliphatic heterocycles. The van der Waals surface area contributed by atoms with Crippen LogP contribution in [0.2, 0.25) is 0 Å². The van der Waals surface area contributed by atoms with Crippen LogP contribution in [0, 0.1) is 5.92 Å². The molecular formula is C46H70O6. The summed E-state index contributed by atoms with van der Waals surface area (Å²) in [6, 6.07) is 0. The Hall–Kier alpha value is -3.10. The fraction of sp³-hybridized carbons (Fsp3) is 0.522. The molecule has 290 valence electrons. The monoisotopic (exact) mass is 719 g/mol. The highest BCUT2D eigenvalue weighted by Crippen LogP contribution is 2.28. The molecule has 1 rings (SSSR count). The maximum Gasteiger partial charge on any atom is 0.187 e. The molecule has 0 aliphatic carbocycles. The first-order chi connectivity index (χ1) is 24.5. The van der Waals surface area contributed by atoms with Crippen molar-refractivity contribution < 1.29 is 29.9 Å². The minimum absolute atomic E-state index is 0.477. The number of aliphatic hydroxyl groups is 4. The van der Waals surface area contributed by atoms with Crippen LogP contribution in [0.5, 0.6) is 0 Å². The molecule has 52 heavy (non-hydrogen) atoms. The summed E-state index contributed by atoms with van der Waals surface area (Å²) >= 11 is 0. The molecule has 6 heteroatoms. The Bertz CT molecular complexity index is 1390. The molecule has 0 aromatic rings. The summed E-state index contributed by atoms with van der Waals surface area (Å²) in [6.45, 7) is 20.4. The largest absolute Gasteiger partial charge is 0.394 e. The van der Waals surface area contributed by atoms with E-state index in [2.05, 4.69) is 153 Å². The number of aliphatic hydroxyl groups excluding tert-OH is 4. The van der Waals surface area contributed by atoms with Gasteiger partial charge in [0, 0.05) is 0 Å². The summed E-state index contributed by atoms with van der Waals surface area (Å²) in [5, 5.41) is 39.7. The third-order valence-electron chi connectivity index (χ3n) is 8.67. The topological polar surface area (TPSA) is 99.4 Å². The number of hydrogen-bond acceptors (Lipinski definition) is 6. The van der Waals surface area contributed by atoms with Crippen molar-refractivity contribution in [2.24, 2.45) is 5.92 Å². The van der Waals surface area contributed by atoms with Gasteiger partial charge in [0.1, 0.15) is 24.4 Å². The van der Waals surface area contributed by atoms with E-state index in [9.17, 15) is 20.4 Å². The van der Waals surface area contributed by atoms with Gasteiger partial charge in [-0.05, 0) is 107 Å². The van der Waals surface area contributed by atoms with Crippen LogP contribution < -0.4 is 0 Å². The van der Waals surface area contributed by atoms with Crippen LogP contribution in [0.15, 0.2) is 131 Å². The first-order valence-electron chi connectivity index (χ1n) is 18.9. The summed E-state index contributed by atoms with van der Waals surface area (Å²) in [6.07, 6.45) is 33.8. The Morgan fingerprint density at radius 1 is 0.712 bits per heavy atom. The Balaban J connectivity index is 2.43. The second kappa shape index (κ2) is 25.8. The van der Waals surface area contributed by atoms with Gasteiger partial charge in [-0.25, -0.2) is 0 Å². The van der Waals surface area contributed by atoms with Gasteiger partial charge in [-0.1, -0.05) is 138 Å². The van der Waals surface area contributed by atoms with Crippen molar-refractivity contribution in [3.63, 3.8) is 0 Å². The predicted octanol–water partition coefficient (Wildman–Crippen LogP) is 10.0. The first-order valence-corrected chi connectivity index (χ1v) is 18.9. The zero-order chi connectivity index (χ0) is 39.1. The Kier molecular flexibility index (Phi) is 23.3. The van der Waals surface area contributed by atoms with Gasteiger partial charge in [0.25, 0.3) is 0 Å². The molecule has 1 aliphatic rings. The lowest BCUT2D eigenvalue weighted by Crippen LogP contribution is -2.60. The number of allylic oxidation sites excluding steroid dienone is 22. The lowest BCUT2D eigenvalue weighted by atomic mass is 9.96. The molecule has 0 amide bonds. The molecule has 6 atom stereocenters. The second-order valence-electron chi connectivity index (χ2n) is 15.1. The zero-order valence-electron chi connectivity index (χ0n) is 33.8. The van der Waals surface area contributed by atoms with Gasteiger partial charge in [-0.15, -0.1) is 0 Å². The molecule has 1 saturated heterocycles. The standard InChI is InChI=1S/C46H70O6/c1-34(2)19-13-22-37(5)25-16-28-38(6)26-14-23-35(3)20-11-12-21-36(4)24-15-27-39(7)29-17-30-40(8)31-18-32-46(9,10)52-45-44(50)43(49)42(48)41(33-47)51-45/h13-17,19-25,27-30,38,41-45,47-50H,11-12,18,26,31-33H2,1-10H3/b22-13+,23-14+,24-15+,28-16+,29-17+,35-20+,36-21+,37-25+,39-27+,40-30+/t38?,41-,42-,43+,44-,45+/m1/s1. The van der Waals surface area contributed by atoms with E-state index in [0.717, 1.165) is 37.7 Å². The number of rotatable bonds is 21. The van der Waals surface area contributed by atoms with E-state index in [1.807, 2.05) is 13.8 Å². The number of hydrogen-bond donors (Lipinski definition) is 4. The molecule has 4 N–H and O–H groups in total. The number of unbranched alkanes of at least 4 members (excludes halogenated alkanes) is 1. The zero-order valence-corrected chi connectivity index (χ0v) is 33.8. The molecule has 0 saturated carbocycles. The van der Waals surface area contributed by atoms with E-state index in [1.54, 1.807) is 0 Å². The molecule has 6 nitrogen and oxygen atoms in total. The molecule has 1 unspecified atom stereocenters. The van der Waals surface area contributed by atoms with Gasteiger partial charge in [0.05, 0.1) is 12.2 Å². The van der Waals surface area contributed by atoms with Gasteiger partial charge in [0.15, 0.2) is 6.29 Å². The van der Waals surface area contributed by atoms with Gasteiger partial charge >= 0.3 is 0 Å². The predicted molar refractivity (Wildman–Crippen MR) is 220 cm³/mol. The maximum absolute atomic E-state index is 10.3. The van der Waals surface area contributed by atoms with Crippen molar-refractivity contribution in [1.29, 1.82) is 0 Å². The van der Waals surface area contributed by atoms with E-state index in [0.29, 0.717) is 12.3 Å². The summed E-state index contributed by atoms with van der Waals surface area (Å²) in [7, 11) is 0. The van der Waals surface area contributed by atoms with Crippen molar-refractivity contribution in [2.45, 2.75) is 144 Å². The second-order valence-corrected chi connectivity index (χ2v) is 15.1. The van der Waals surface area contributed by atoms with Crippen LogP contribution in [0.25, 0.3) is 0 Å². The fourth-order valence-corrected chi connectivity index (χ4v) is 5.34. The highest BCUT2D eigenvalue weighted by atomic mass is 16.7. The maximum atomic E-state index is 10.3. The van der Waals surface area contributed by atoms with E-state index in [-0.39, 0.29) is 0 Å². The molecule has 0 spiro atoms. The van der Waals surface area contributed by atoms with Gasteiger partial charge < -0.3 is 29.9 Å². The van der Waals surface area contributed by atoms with Crippen LogP contribution >= 0.6 is 0 Å². The van der Waals surface area contributed by atoms with Crippen molar-refractivity contribution in [3.8, 4) is 0 Å². The average molecular weight is 719 g/mol. The summed E-state index contributed by atoms with van der Waals surface area (Å²) < 4.78 is 11.5. The molecule has 0 aromatic carbocycles. The summed E-state index contributed by atoms with van der Waals surface area (Å²) in [4.78, 5) is 0. The highest BCUT2D eigenvalue weighted by molar-refractivity contribution is 5.29. The highest BCUT2D eigenvalue weighted by Gasteiger charge is 2.45. The quantitative estimate of drug-likeness (QED) is 0.0697. The van der Waals surface area contributed by atoms with Crippen molar-refractivity contribution in [3.05, 3.63) is 131 Å². The minimum atomic E-state index is -1.44. The Morgan fingerprint density at radius 2 is 1.27 bits per heavy atom. The van der Waals surface area contributed by atoms with Gasteiger partial charge in [-0.3, -0.25) is 0 Å². The third kappa shape index (κ3) is 21.4. The van der Waals surface area contributed by atoms with E-state index in [1.165, 1.54) is 27.9 Å². The lowest BCUT2D eigenvalue weighted by Gasteiger charge is -2.42. The first kappa shape index (κ1) is 46.9. The summed E-state index contributed by atoms with van der Waals surface area (Å²) in [5.41, 5.74) is 6.87. The normalized spacial score (nSPS) is 24.0. The fourth-order valence-electron chi connectivity index (χ4n) is 5.34. The van der Waals surface area contributed by atoms with Crippen LogP contribution in [-0.4, -0.2) is 63.3 Å². The summed E-state index contributed by atoms with van der Waals surface area (Å²) in [5.74, 6) is 0.495. The van der Waals surface area contributed by atoms with Gasteiger partial charge in [-0.2, -0.15) is 0 Å². The van der Waals surface area contributed by atoms with E-state index in [4.69, 9.17) is 9.47 Å². The van der Waals surface area contributed by atoms with Crippen LogP contribution in [0.1, 0.15) is 108 Å². The van der Waals surface area contributed by atoms with Crippen LogP contribution in [-0.2, 0) is 9.47 Å².